The molecule has 1 saturated heterocycles. The predicted molar refractivity (Wildman–Crippen MR) is 126 cm³/mol. The third kappa shape index (κ3) is 4.54. The van der Waals surface area contributed by atoms with Gasteiger partial charge in [-0.2, -0.15) is 4.98 Å². The Morgan fingerprint density at radius 1 is 0.941 bits per heavy atom. The number of carbonyl (C=O) groups is 2. The molecule has 1 fully saturated rings. The SMILES string of the molecule is Cc1nc(-c2ccc(N3CCN(C(=O)c4ccc(NC(=O)c5ccco5)cc4)CC3)cc2)no1. The highest BCUT2D eigenvalue weighted by molar-refractivity contribution is 6.02. The largest absolute Gasteiger partial charge is 0.459 e. The Morgan fingerprint density at radius 2 is 1.68 bits per heavy atom. The number of carbonyl (C=O) groups excluding carboxylic acids is 2. The molecule has 2 aromatic carbocycles. The minimum absolute atomic E-state index is 0.0219. The molecule has 172 valence electrons. The normalized spacial score (nSPS) is 13.7. The highest BCUT2D eigenvalue weighted by Gasteiger charge is 2.22. The molecule has 0 unspecified atom stereocenters. The third-order valence-electron chi connectivity index (χ3n) is 5.72. The molecule has 0 bridgehead atoms. The van der Waals surface area contributed by atoms with Crippen LogP contribution in [-0.4, -0.2) is 53.0 Å². The van der Waals surface area contributed by atoms with Crippen LogP contribution in [0.4, 0.5) is 11.4 Å². The number of rotatable bonds is 5. The van der Waals surface area contributed by atoms with E-state index < -0.39 is 0 Å². The number of benzene rings is 2. The van der Waals surface area contributed by atoms with Gasteiger partial charge in [-0.15, -0.1) is 0 Å². The van der Waals surface area contributed by atoms with Crippen molar-refractivity contribution in [1.29, 1.82) is 0 Å². The molecule has 2 aromatic heterocycles. The molecule has 3 heterocycles. The van der Waals surface area contributed by atoms with Crippen molar-refractivity contribution in [2.75, 3.05) is 36.4 Å². The fourth-order valence-corrected chi connectivity index (χ4v) is 3.88. The molecule has 0 atom stereocenters. The van der Waals surface area contributed by atoms with Crippen LogP contribution < -0.4 is 10.2 Å². The average Bonchev–Trinajstić information content (AvgIpc) is 3.57. The van der Waals surface area contributed by atoms with Gasteiger partial charge in [-0.25, -0.2) is 0 Å². The van der Waals surface area contributed by atoms with E-state index in [-0.39, 0.29) is 17.6 Å². The summed E-state index contributed by atoms with van der Waals surface area (Å²) >= 11 is 0. The Hall–Kier alpha value is -4.40. The lowest BCUT2D eigenvalue weighted by Gasteiger charge is -2.36. The Kier molecular flexibility index (Phi) is 5.82. The Labute approximate surface area is 196 Å². The first-order chi connectivity index (χ1) is 16.6. The van der Waals surface area contributed by atoms with Gasteiger partial charge in [0.25, 0.3) is 11.8 Å². The third-order valence-corrected chi connectivity index (χ3v) is 5.72. The van der Waals surface area contributed by atoms with Crippen LogP contribution in [0.5, 0.6) is 0 Å². The fourth-order valence-electron chi connectivity index (χ4n) is 3.88. The molecule has 1 aliphatic rings. The van der Waals surface area contributed by atoms with Gasteiger partial charge in [0.1, 0.15) is 0 Å². The zero-order chi connectivity index (χ0) is 23.5. The summed E-state index contributed by atoms with van der Waals surface area (Å²) in [4.78, 5) is 33.4. The minimum Gasteiger partial charge on any atom is -0.459 e. The second-order valence-corrected chi connectivity index (χ2v) is 7.97. The molecule has 34 heavy (non-hydrogen) atoms. The number of nitrogens with zero attached hydrogens (tertiary/aromatic N) is 4. The van der Waals surface area contributed by atoms with Gasteiger partial charge in [0.05, 0.1) is 6.26 Å². The maximum Gasteiger partial charge on any atom is 0.291 e. The zero-order valence-corrected chi connectivity index (χ0v) is 18.6. The molecule has 0 saturated carbocycles. The quantitative estimate of drug-likeness (QED) is 0.485. The van der Waals surface area contributed by atoms with Crippen molar-refractivity contribution >= 4 is 23.2 Å². The summed E-state index contributed by atoms with van der Waals surface area (Å²) in [6, 6.07) is 18.2. The van der Waals surface area contributed by atoms with Crippen LogP contribution >= 0.6 is 0 Å². The highest BCUT2D eigenvalue weighted by Crippen LogP contribution is 2.23. The number of piperazine rings is 1. The van der Waals surface area contributed by atoms with E-state index in [0.29, 0.717) is 36.1 Å². The van der Waals surface area contributed by atoms with Crippen molar-refractivity contribution in [3.05, 3.63) is 84.1 Å². The minimum atomic E-state index is -0.333. The number of hydrogen-bond acceptors (Lipinski definition) is 7. The molecular formula is C25H23N5O4. The molecular weight excluding hydrogens is 434 g/mol. The van der Waals surface area contributed by atoms with E-state index >= 15 is 0 Å². The smallest absolute Gasteiger partial charge is 0.291 e. The number of aryl methyl sites for hydroxylation is 1. The fraction of sp³-hybridized carbons (Fsp3) is 0.200. The van der Waals surface area contributed by atoms with Crippen molar-refractivity contribution in [3.63, 3.8) is 0 Å². The number of hydrogen-bond donors (Lipinski definition) is 1. The second-order valence-electron chi connectivity index (χ2n) is 7.97. The van der Waals surface area contributed by atoms with Crippen molar-refractivity contribution in [2.45, 2.75) is 6.92 Å². The van der Waals surface area contributed by atoms with Crippen LogP contribution in [0.1, 0.15) is 26.8 Å². The van der Waals surface area contributed by atoms with E-state index in [0.717, 1.165) is 24.3 Å². The molecule has 4 aromatic rings. The van der Waals surface area contributed by atoms with Gasteiger partial charge in [-0.05, 0) is 60.7 Å². The van der Waals surface area contributed by atoms with Crippen LogP contribution in [0.15, 0.2) is 75.9 Å². The summed E-state index contributed by atoms with van der Waals surface area (Å²) in [5.74, 6) is 0.990. The zero-order valence-electron chi connectivity index (χ0n) is 18.6. The van der Waals surface area contributed by atoms with Crippen LogP contribution in [0.25, 0.3) is 11.4 Å². The van der Waals surface area contributed by atoms with Gasteiger partial charge < -0.3 is 24.1 Å². The van der Waals surface area contributed by atoms with Crippen LogP contribution in [0.3, 0.4) is 0 Å². The van der Waals surface area contributed by atoms with Crippen molar-refractivity contribution < 1.29 is 18.5 Å². The lowest BCUT2D eigenvalue weighted by molar-refractivity contribution is 0.0746. The first-order valence-corrected chi connectivity index (χ1v) is 11.0. The van der Waals surface area contributed by atoms with Crippen LogP contribution in [0.2, 0.25) is 0 Å². The van der Waals surface area contributed by atoms with Crippen molar-refractivity contribution in [1.82, 2.24) is 15.0 Å². The van der Waals surface area contributed by atoms with E-state index in [9.17, 15) is 9.59 Å². The number of aromatic nitrogens is 2. The van der Waals surface area contributed by atoms with Crippen molar-refractivity contribution in [3.8, 4) is 11.4 Å². The summed E-state index contributed by atoms with van der Waals surface area (Å²) in [5.41, 5.74) is 3.18. The lowest BCUT2D eigenvalue weighted by atomic mass is 10.1. The standard InChI is InChI=1S/C25H23N5O4/c1-17-26-23(28-34-17)18-6-10-21(11-7-18)29-12-14-30(15-13-29)25(32)19-4-8-20(9-5-19)27-24(31)22-3-2-16-33-22/h2-11,16H,12-15H2,1H3,(H,27,31). The molecule has 0 aliphatic carbocycles. The van der Waals surface area contributed by atoms with Crippen LogP contribution in [0, 0.1) is 6.92 Å². The van der Waals surface area contributed by atoms with Gasteiger partial charge in [0.15, 0.2) is 5.76 Å². The van der Waals surface area contributed by atoms with Crippen LogP contribution in [-0.2, 0) is 0 Å². The summed E-state index contributed by atoms with van der Waals surface area (Å²) in [7, 11) is 0. The van der Waals surface area contributed by atoms with Gasteiger partial charge in [0.2, 0.25) is 11.7 Å². The summed E-state index contributed by atoms with van der Waals surface area (Å²) in [5, 5.41) is 6.70. The van der Waals surface area contributed by atoms with Gasteiger partial charge in [-0.1, -0.05) is 5.16 Å². The van der Waals surface area contributed by atoms with E-state index in [2.05, 4.69) is 20.4 Å². The Morgan fingerprint density at radius 3 is 2.29 bits per heavy atom. The lowest BCUT2D eigenvalue weighted by Crippen LogP contribution is -2.48. The number of nitrogens with one attached hydrogen (secondary N) is 1. The molecule has 9 heteroatoms. The van der Waals surface area contributed by atoms with E-state index in [1.165, 1.54) is 6.26 Å². The second kappa shape index (κ2) is 9.22. The molecule has 2 amide bonds. The highest BCUT2D eigenvalue weighted by atomic mass is 16.5. The molecule has 9 nitrogen and oxygen atoms in total. The predicted octanol–water partition coefficient (Wildman–Crippen LogP) is 3.85. The molecule has 0 spiro atoms. The summed E-state index contributed by atoms with van der Waals surface area (Å²) < 4.78 is 10.1. The van der Waals surface area contributed by atoms with Crippen molar-refractivity contribution in [2.24, 2.45) is 0 Å². The Balaban J connectivity index is 1.16. The number of amides is 2. The Bertz CT molecular complexity index is 1270. The summed E-state index contributed by atoms with van der Waals surface area (Å²) in [6.45, 7) is 4.50. The first-order valence-electron chi connectivity index (χ1n) is 11.0. The van der Waals surface area contributed by atoms with E-state index in [4.69, 9.17) is 8.94 Å². The van der Waals surface area contributed by atoms with E-state index in [1.807, 2.05) is 29.2 Å². The van der Waals surface area contributed by atoms with E-state index in [1.54, 1.807) is 43.3 Å². The van der Waals surface area contributed by atoms with Gasteiger partial charge >= 0.3 is 0 Å². The molecule has 1 aliphatic heterocycles. The maximum absolute atomic E-state index is 12.9. The molecule has 5 rings (SSSR count). The topological polar surface area (TPSA) is 105 Å². The molecule has 0 radical (unpaired) electrons. The van der Waals surface area contributed by atoms with Gasteiger partial charge in [-0.3, -0.25) is 9.59 Å². The number of anilines is 2. The average molecular weight is 457 g/mol. The summed E-state index contributed by atoms with van der Waals surface area (Å²) in [6.07, 6.45) is 1.45. The maximum atomic E-state index is 12.9. The number of furan rings is 1. The monoisotopic (exact) mass is 457 g/mol. The molecule has 1 N–H and O–H groups in total. The van der Waals surface area contributed by atoms with Gasteiger partial charge in [0, 0.05) is 55.6 Å². The first kappa shape index (κ1) is 21.4.